The Balaban J connectivity index is 1.41. The molecule has 0 N–H and O–H groups in total. The maximum atomic E-state index is 13.7. The number of hydrogen-bond acceptors (Lipinski definition) is 6. The highest BCUT2D eigenvalue weighted by molar-refractivity contribution is 6.42. The Morgan fingerprint density at radius 1 is 1.11 bits per heavy atom. The second-order valence-corrected chi connectivity index (χ2v) is 10.1. The zero-order valence-electron chi connectivity index (χ0n) is 20.6. The lowest BCUT2D eigenvalue weighted by Gasteiger charge is -2.35. The summed E-state index contributed by atoms with van der Waals surface area (Å²) in [6.07, 6.45) is 1.99. The third-order valence-electron chi connectivity index (χ3n) is 7.03. The van der Waals surface area contributed by atoms with E-state index in [0.717, 1.165) is 11.3 Å². The normalized spacial score (nSPS) is 17.8. The number of nitrogens with zero attached hydrogens (tertiary/aromatic N) is 5. The minimum absolute atomic E-state index is 0.103. The number of hydrogen-bond donors (Lipinski definition) is 0. The van der Waals surface area contributed by atoms with Crippen LogP contribution in [0.25, 0.3) is 0 Å². The van der Waals surface area contributed by atoms with Crippen molar-refractivity contribution in [2.75, 3.05) is 13.7 Å². The zero-order chi connectivity index (χ0) is 26.4. The maximum absolute atomic E-state index is 13.7. The van der Waals surface area contributed by atoms with Crippen molar-refractivity contribution >= 4 is 41.0 Å². The number of halogens is 2. The Bertz CT molecular complexity index is 1400. The number of esters is 1. The molecule has 4 heterocycles. The molecule has 9 nitrogen and oxygen atoms in total. The number of methoxy groups -OCH3 is 1. The van der Waals surface area contributed by atoms with E-state index in [-0.39, 0.29) is 30.4 Å². The summed E-state index contributed by atoms with van der Waals surface area (Å²) in [4.78, 5) is 46.7. The van der Waals surface area contributed by atoms with Crippen molar-refractivity contribution in [3.63, 3.8) is 0 Å². The van der Waals surface area contributed by atoms with E-state index in [0.29, 0.717) is 52.1 Å². The summed E-state index contributed by atoms with van der Waals surface area (Å²) >= 11 is 12.2. The quantitative estimate of drug-likeness (QED) is 0.459. The van der Waals surface area contributed by atoms with Crippen LogP contribution in [0.15, 0.2) is 36.5 Å². The summed E-state index contributed by atoms with van der Waals surface area (Å²) in [5, 5.41) is 5.41. The first kappa shape index (κ1) is 25.2. The number of rotatable bonds is 4. The molecule has 5 rings (SSSR count). The van der Waals surface area contributed by atoms with Crippen molar-refractivity contribution in [2.45, 2.75) is 45.4 Å². The molecule has 0 saturated heterocycles. The predicted octanol–water partition coefficient (Wildman–Crippen LogP) is 4.18. The van der Waals surface area contributed by atoms with E-state index in [1.807, 2.05) is 13.8 Å². The average molecular weight is 542 g/mol. The smallest absolute Gasteiger partial charge is 0.339 e. The van der Waals surface area contributed by atoms with Crippen LogP contribution in [0, 0.1) is 0 Å². The molecule has 192 valence electrons. The van der Waals surface area contributed by atoms with Gasteiger partial charge in [0.2, 0.25) is 0 Å². The first-order valence-electron chi connectivity index (χ1n) is 11.9. The van der Waals surface area contributed by atoms with E-state index < -0.39 is 5.97 Å². The van der Waals surface area contributed by atoms with E-state index >= 15 is 0 Å². The molecule has 0 saturated carbocycles. The van der Waals surface area contributed by atoms with Gasteiger partial charge in [-0.15, -0.1) is 0 Å². The van der Waals surface area contributed by atoms with E-state index in [9.17, 15) is 14.4 Å². The van der Waals surface area contributed by atoms with Crippen LogP contribution in [-0.4, -0.2) is 62.0 Å². The van der Waals surface area contributed by atoms with Gasteiger partial charge in [-0.05, 0) is 44.2 Å². The SMILES string of the molecule is COC(=O)c1ccc(C(C)N2CCn3nc4c(c3C2=O)CN(C(=O)c2ccc(Cl)c(Cl)c2)[C@H](C)C4)nc1. The Morgan fingerprint density at radius 2 is 1.86 bits per heavy atom. The van der Waals surface area contributed by atoms with Crippen LogP contribution in [-0.2, 0) is 24.2 Å². The van der Waals surface area contributed by atoms with Crippen molar-refractivity contribution < 1.29 is 19.1 Å². The fourth-order valence-electron chi connectivity index (χ4n) is 4.92. The van der Waals surface area contributed by atoms with Gasteiger partial charge in [-0.25, -0.2) is 4.79 Å². The van der Waals surface area contributed by atoms with Gasteiger partial charge in [-0.3, -0.25) is 19.3 Å². The van der Waals surface area contributed by atoms with Crippen LogP contribution >= 0.6 is 23.2 Å². The molecule has 2 amide bonds. The standard InChI is InChI=1S/C26H25Cl2N5O4/c1-14-10-22-18(13-32(14)24(34)16-4-6-19(27)20(28)11-16)23-25(35)31(8-9-33(23)30-22)15(2)21-7-5-17(12-29-21)26(36)37-3/h4-7,11-12,14-15H,8-10,13H2,1-3H3/t14-,15?/m1/s1. The lowest BCUT2D eigenvalue weighted by molar-refractivity contribution is 0.0592. The number of amides is 2. The molecule has 0 bridgehead atoms. The minimum Gasteiger partial charge on any atom is -0.465 e. The van der Waals surface area contributed by atoms with Crippen molar-refractivity contribution in [3.05, 3.63) is 80.3 Å². The minimum atomic E-state index is -0.467. The Morgan fingerprint density at radius 3 is 2.54 bits per heavy atom. The number of aromatic nitrogens is 3. The maximum Gasteiger partial charge on any atom is 0.339 e. The molecule has 0 radical (unpaired) electrons. The van der Waals surface area contributed by atoms with Crippen LogP contribution < -0.4 is 0 Å². The summed E-state index contributed by atoms with van der Waals surface area (Å²) in [7, 11) is 1.31. The summed E-state index contributed by atoms with van der Waals surface area (Å²) in [5.41, 5.74) is 3.54. The highest BCUT2D eigenvalue weighted by Crippen LogP contribution is 2.32. The molecule has 0 spiro atoms. The van der Waals surface area contributed by atoms with Crippen molar-refractivity contribution in [2.24, 2.45) is 0 Å². The van der Waals surface area contributed by atoms with Gasteiger partial charge < -0.3 is 14.5 Å². The molecule has 2 atom stereocenters. The number of fused-ring (bicyclic) bond motifs is 3. The number of ether oxygens (including phenoxy) is 1. The summed E-state index contributed by atoms with van der Waals surface area (Å²) in [6, 6.07) is 7.76. The van der Waals surface area contributed by atoms with Crippen molar-refractivity contribution in [1.82, 2.24) is 24.6 Å². The molecule has 2 aliphatic heterocycles. The van der Waals surface area contributed by atoms with Crippen LogP contribution in [0.2, 0.25) is 10.0 Å². The molecule has 0 fully saturated rings. The van der Waals surface area contributed by atoms with Gasteiger partial charge in [0.1, 0.15) is 5.69 Å². The Hall–Kier alpha value is -3.43. The van der Waals surface area contributed by atoms with Crippen LogP contribution in [0.4, 0.5) is 0 Å². The fraction of sp³-hybridized carbons (Fsp3) is 0.346. The molecule has 11 heteroatoms. The van der Waals surface area contributed by atoms with Gasteiger partial charge in [0.25, 0.3) is 11.8 Å². The molecular weight excluding hydrogens is 517 g/mol. The average Bonchev–Trinajstić information content (AvgIpc) is 3.26. The molecular formula is C26H25Cl2N5O4. The molecule has 1 unspecified atom stereocenters. The number of pyridine rings is 1. The number of carbonyl (C=O) groups excluding carboxylic acids is 3. The van der Waals surface area contributed by atoms with Gasteiger partial charge in [-0.1, -0.05) is 23.2 Å². The molecule has 3 aromatic rings. The van der Waals surface area contributed by atoms with Gasteiger partial charge in [0, 0.05) is 36.3 Å². The predicted molar refractivity (Wildman–Crippen MR) is 137 cm³/mol. The van der Waals surface area contributed by atoms with Crippen molar-refractivity contribution in [3.8, 4) is 0 Å². The first-order valence-corrected chi connectivity index (χ1v) is 12.6. The Labute approximate surface area is 223 Å². The van der Waals surface area contributed by atoms with E-state index in [1.165, 1.54) is 13.3 Å². The molecule has 37 heavy (non-hydrogen) atoms. The molecule has 0 aliphatic carbocycles. The first-order chi connectivity index (χ1) is 17.7. The lowest BCUT2D eigenvalue weighted by Crippen LogP contribution is -2.45. The fourth-order valence-corrected chi connectivity index (χ4v) is 5.22. The summed E-state index contributed by atoms with van der Waals surface area (Å²) in [5.74, 6) is -0.812. The van der Waals surface area contributed by atoms with Gasteiger partial charge in [0.05, 0.1) is 53.2 Å². The van der Waals surface area contributed by atoms with Gasteiger partial charge in [-0.2, -0.15) is 5.10 Å². The van der Waals surface area contributed by atoms with Crippen molar-refractivity contribution in [1.29, 1.82) is 0 Å². The van der Waals surface area contributed by atoms with Gasteiger partial charge >= 0.3 is 5.97 Å². The zero-order valence-corrected chi connectivity index (χ0v) is 22.1. The highest BCUT2D eigenvalue weighted by atomic mass is 35.5. The highest BCUT2D eigenvalue weighted by Gasteiger charge is 2.38. The lowest BCUT2D eigenvalue weighted by atomic mass is 9.97. The second-order valence-electron chi connectivity index (χ2n) is 9.25. The van der Waals surface area contributed by atoms with E-state index in [4.69, 9.17) is 33.0 Å². The molecule has 2 aromatic heterocycles. The summed E-state index contributed by atoms with van der Waals surface area (Å²) < 4.78 is 6.49. The van der Waals surface area contributed by atoms with Gasteiger partial charge in [0.15, 0.2) is 0 Å². The molecule has 2 aliphatic rings. The summed E-state index contributed by atoms with van der Waals surface area (Å²) in [6.45, 7) is 5.14. The Kier molecular flexibility index (Phi) is 6.68. The van der Waals surface area contributed by atoms with E-state index in [1.54, 1.807) is 44.8 Å². The largest absolute Gasteiger partial charge is 0.465 e. The van der Waals surface area contributed by atoms with E-state index in [2.05, 4.69) is 4.98 Å². The van der Waals surface area contributed by atoms with Crippen LogP contribution in [0.5, 0.6) is 0 Å². The topological polar surface area (TPSA) is 97.6 Å². The second kappa shape index (κ2) is 9.79. The van der Waals surface area contributed by atoms with Crippen LogP contribution in [0.3, 0.4) is 0 Å². The van der Waals surface area contributed by atoms with Crippen LogP contribution in [0.1, 0.15) is 68.0 Å². The monoisotopic (exact) mass is 541 g/mol. The number of benzene rings is 1. The molecule has 1 aromatic carbocycles. The third kappa shape index (κ3) is 4.46. The third-order valence-corrected chi connectivity index (χ3v) is 7.77. The number of carbonyl (C=O) groups is 3.